The van der Waals surface area contributed by atoms with E-state index in [0.29, 0.717) is 0 Å². The van der Waals surface area contributed by atoms with Gasteiger partial charge in [-0.1, -0.05) is 23.2 Å². The van der Waals surface area contributed by atoms with E-state index < -0.39 is 12.1 Å². The zero-order chi connectivity index (χ0) is 10.7. The first-order chi connectivity index (χ1) is 6.56. The summed E-state index contributed by atoms with van der Waals surface area (Å²) in [5.41, 5.74) is -0.200. The Kier molecular flexibility index (Phi) is 3.62. The second kappa shape index (κ2) is 4.54. The molecular weight excluding hydrogens is 233 g/mol. The van der Waals surface area contributed by atoms with Crippen molar-refractivity contribution < 1.29 is 8.78 Å². The fourth-order valence-electron chi connectivity index (χ4n) is 0.895. The molecule has 0 saturated heterocycles. The monoisotopic (exact) mass is 236 g/mol. The summed E-state index contributed by atoms with van der Waals surface area (Å²) in [5, 5.41) is 8.26. The van der Waals surface area contributed by atoms with Crippen LogP contribution in [0.3, 0.4) is 0 Å². The van der Waals surface area contributed by atoms with Crippen molar-refractivity contribution in [1.29, 1.82) is 5.26 Å². The molecule has 0 amide bonds. The molecule has 1 heterocycles. The molecule has 0 aliphatic heterocycles. The molecule has 0 N–H and O–H groups in total. The van der Waals surface area contributed by atoms with E-state index >= 15 is 0 Å². The molecule has 0 radical (unpaired) electrons. The van der Waals surface area contributed by atoms with Crippen LogP contribution in [-0.2, 0) is 6.42 Å². The van der Waals surface area contributed by atoms with Gasteiger partial charge in [0.25, 0.3) is 6.43 Å². The highest BCUT2D eigenvalue weighted by atomic mass is 35.5. The Balaban J connectivity index is 3.22. The lowest BCUT2D eigenvalue weighted by Gasteiger charge is -2.05. The molecule has 0 atom stereocenters. The number of aromatic nitrogens is 1. The third-order valence-electron chi connectivity index (χ3n) is 1.51. The normalized spacial score (nSPS) is 10.3. The van der Waals surface area contributed by atoms with Gasteiger partial charge in [-0.3, -0.25) is 0 Å². The highest BCUT2D eigenvalue weighted by Gasteiger charge is 2.15. The van der Waals surface area contributed by atoms with Crippen molar-refractivity contribution in [2.45, 2.75) is 12.8 Å². The lowest BCUT2D eigenvalue weighted by molar-refractivity contribution is 0.146. The van der Waals surface area contributed by atoms with E-state index in [2.05, 4.69) is 4.98 Å². The van der Waals surface area contributed by atoms with Gasteiger partial charge in [-0.25, -0.2) is 13.8 Å². The van der Waals surface area contributed by atoms with Crippen molar-refractivity contribution in [3.05, 3.63) is 27.5 Å². The Bertz CT molecular complexity index is 388. The van der Waals surface area contributed by atoms with Gasteiger partial charge in [0.05, 0.1) is 17.5 Å². The zero-order valence-corrected chi connectivity index (χ0v) is 8.28. The molecule has 74 valence electrons. The molecule has 0 fully saturated rings. The molecule has 0 bridgehead atoms. The number of nitriles is 1. The number of rotatable bonds is 2. The van der Waals surface area contributed by atoms with E-state index in [9.17, 15) is 8.78 Å². The first-order valence-electron chi connectivity index (χ1n) is 3.56. The molecule has 0 aliphatic carbocycles. The molecule has 2 nitrogen and oxygen atoms in total. The quantitative estimate of drug-likeness (QED) is 0.739. The van der Waals surface area contributed by atoms with Crippen LogP contribution in [0.4, 0.5) is 8.78 Å². The molecule has 0 spiro atoms. The first-order valence-corrected chi connectivity index (χ1v) is 4.31. The molecule has 0 saturated carbocycles. The predicted molar refractivity (Wildman–Crippen MR) is 48.5 cm³/mol. The summed E-state index contributed by atoms with van der Waals surface area (Å²) in [5.74, 6) is 0. The molecule has 6 heteroatoms. The Hall–Kier alpha value is -0.920. The molecule has 14 heavy (non-hydrogen) atoms. The third kappa shape index (κ3) is 2.31. The van der Waals surface area contributed by atoms with Crippen molar-refractivity contribution in [2.75, 3.05) is 0 Å². The molecule has 1 rings (SSSR count). The van der Waals surface area contributed by atoms with Gasteiger partial charge in [-0.15, -0.1) is 0 Å². The third-order valence-corrected chi connectivity index (χ3v) is 2.30. The van der Waals surface area contributed by atoms with E-state index in [0.717, 1.165) is 6.07 Å². The van der Waals surface area contributed by atoms with Crippen molar-refractivity contribution in [1.82, 2.24) is 4.98 Å². The van der Waals surface area contributed by atoms with E-state index in [1.807, 2.05) is 0 Å². The minimum atomic E-state index is -2.72. The van der Waals surface area contributed by atoms with Gasteiger partial charge in [0, 0.05) is 0 Å². The fourth-order valence-corrected chi connectivity index (χ4v) is 1.28. The maximum absolute atomic E-state index is 12.3. The van der Waals surface area contributed by atoms with Crippen LogP contribution < -0.4 is 0 Å². The van der Waals surface area contributed by atoms with Gasteiger partial charge < -0.3 is 0 Å². The SMILES string of the molecule is N#CCc1cc(C(F)F)nc(Cl)c1Cl. The smallest absolute Gasteiger partial charge is 0.234 e. The topological polar surface area (TPSA) is 36.7 Å². The Morgan fingerprint density at radius 1 is 1.50 bits per heavy atom. The van der Waals surface area contributed by atoms with Crippen molar-refractivity contribution in [2.24, 2.45) is 0 Å². The number of nitrogens with zero attached hydrogens (tertiary/aromatic N) is 2. The summed E-state index contributed by atoms with van der Waals surface area (Å²) < 4.78 is 24.5. The standard InChI is InChI=1S/C8H4Cl2F2N2/c9-6-4(1-2-13)3-5(8(11)12)14-7(6)10/h3,8H,1H2. The van der Waals surface area contributed by atoms with Gasteiger partial charge in [-0.2, -0.15) is 5.26 Å². The molecular formula is C8H4Cl2F2N2. The lowest BCUT2D eigenvalue weighted by atomic mass is 10.2. The zero-order valence-electron chi connectivity index (χ0n) is 6.77. The Morgan fingerprint density at radius 3 is 2.64 bits per heavy atom. The molecule has 0 unspecified atom stereocenters. The lowest BCUT2D eigenvalue weighted by Crippen LogP contribution is -1.95. The van der Waals surface area contributed by atoms with Crippen molar-refractivity contribution in [3.63, 3.8) is 0 Å². The van der Waals surface area contributed by atoms with Crippen LogP contribution in [0.1, 0.15) is 17.7 Å². The van der Waals surface area contributed by atoms with Gasteiger partial charge in [0.1, 0.15) is 10.8 Å². The second-order valence-corrected chi connectivity index (χ2v) is 3.18. The highest BCUT2D eigenvalue weighted by molar-refractivity contribution is 6.41. The summed E-state index contributed by atoms with van der Waals surface area (Å²) in [6, 6.07) is 2.89. The largest absolute Gasteiger partial charge is 0.280 e. The van der Waals surface area contributed by atoms with Crippen LogP contribution >= 0.6 is 23.2 Å². The van der Waals surface area contributed by atoms with Crippen LogP contribution in [0.5, 0.6) is 0 Å². The summed E-state index contributed by atoms with van der Waals surface area (Å²) in [4.78, 5) is 3.39. The average molecular weight is 237 g/mol. The van der Waals surface area contributed by atoms with Crippen molar-refractivity contribution >= 4 is 23.2 Å². The van der Waals surface area contributed by atoms with Gasteiger partial charge in [-0.05, 0) is 11.6 Å². The van der Waals surface area contributed by atoms with Crippen LogP contribution in [-0.4, -0.2) is 4.98 Å². The highest BCUT2D eigenvalue weighted by Crippen LogP contribution is 2.28. The summed E-state index contributed by atoms with van der Waals surface area (Å²) in [6.07, 6.45) is -2.79. The minimum absolute atomic E-state index is 0.0533. The number of pyridine rings is 1. The van der Waals surface area contributed by atoms with Crippen LogP contribution in [0.2, 0.25) is 10.2 Å². The number of alkyl halides is 2. The molecule has 0 aromatic carbocycles. The predicted octanol–water partition coefficient (Wildman–Crippen LogP) is 3.39. The Morgan fingerprint density at radius 2 is 2.14 bits per heavy atom. The minimum Gasteiger partial charge on any atom is -0.234 e. The molecule has 1 aromatic heterocycles. The van der Waals surface area contributed by atoms with Gasteiger partial charge in [0.2, 0.25) is 0 Å². The first kappa shape index (κ1) is 11.2. The summed E-state index contributed by atoms with van der Waals surface area (Å²) >= 11 is 11.2. The number of halogens is 4. The van der Waals surface area contributed by atoms with E-state index in [4.69, 9.17) is 28.5 Å². The maximum atomic E-state index is 12.3. The van der Waals surface area contributed by atoms with Crippen LogP contribution in [0, 0.1) is 11.3 Å². The molecule has 1 aromatic rings. The number of hydrogen-bond acceptors (Lipinski definition) is 2. The van der Waals surface area contributed by atoms with E-state index in [-0.39, 0.29) is 22.2 Å². The fraction of sp³-hybridized carbons (Fsp3) is 0.250. The maximum Gasteiger partial charge on any atom is 0.280 e. The Labute approximate surface area is 89.1 Å². The second-order valence-electron chi connectivity index (χ2n) is 2.45. The number of hydrogen-bond donors (Lipinski definition) is 0. The van der Waals surface area contributed by atoms with E-state index in [1.54, 1.807) is 6.07 Å². The summed E-state index contributed by atoms with van der Waals surface area (Å²) in [7, 11) is 0. The van der Waals surface area contributed by atoms with Gasteiger partial charge >= 0.3 is 0 Å². The summed E-state index contributed by atoms with van der Waals surface area (Å²) in [6.45, 7) is 0. The van der Waals surface area contributed by atoms with Crippen LogP contribution in [0.25, 0.3) is 0 Å². The van der Waals surface area contributed by atoms with Gasteiger partial charge in [0.15, 0.2) is 0 Å². The van der Waals surface area contributed by atoms with Crippen molar-refractivity contribution in [3.8, 4) is 6.07 Å². The van der Waals surface area contributed by atoms with Crippen LogP contribution in [0.15, 0.2) is 6.07 Å². The van der Waals surface area contributed by atoms with E-state index in [1.165, 1.54) is 0 Å². The molecule has 0 aliphatic rings. The average Bonchev–Trinajstić information content (AvgIpc) is 2.12.